The van der Waals surface area contributed by atoms with Crippen molar-refractivity contribution >= 4 is 11.8 Å². The van der Waals surface area contributed by atoms with E-state index in [0.717, 1.165) is 37.4 Å². The normalized spacial score (nSPS) is 9.38. The highest BCUT2D eigenvalue weighted by atomic mass is 32.2. The molecule has 0 bridgehead atoms. The second-order valence-electron chi connectivity index (χ2n) is 2.62. The van der Waals surface area contributed by atoms with Crippen LogP contribution in [0.15, 0.2) is 0 Å². The Morgan fingerprint density at radius 1 is 1.31 bits per heavy atom. The monoisotopic (exact) mass is 201 g/mol. The maximum absolute atomic E-state index is 8.52. The minimum absolute atomic E-state index is 0.312. The second kappa shape index (κ2) is 11.8. The lowest BCUT2D eigenvalue weighted by molar-refractivity contribution is 0.296. The van der Waals surface area contributed by atoms with Crippen LogP contribution < -0.4 is 5.32 Å². The molecule has 0 aliphatic carbocycles. The summed E-state index contributed by atoms with van der Waals surface area (Å²) in [6, 6.07) is 0. The zero-order valence-corrected chi connectivity index (χ0v) is 9.12. The van der Waals surface area contributed by atoms with Crippen molar-refractivity contribution < 1.29 is 5.11 Å². The second-order valence-corrected chi connectivity index (χ2v) is 3.84. The number of hydrogen-bond acceptors (Lipinski definition) is 3. The Morgan fingerprint density at radius 3 is 2.85 bits per heavy atom. The molecule has 2 N–H and O–H groups in total. The van der Waals surface area contributed by atoms with E-state index >= 15 is 0 Å². The fraction of sp³-hybridized carbons (Fsp3) is 0.800. The number of nitrogens with one attached hydrogen (secondary N) is 1. The molecular weight excluding hydrogens is 182 g/mol. The Morgan fingerprint density at radius 2 is 2.15 bits per heavy atom. The molecule has 0 saturated heterocycles. The van der Waals surface area contributed by atoms with Gasteiger partial charge in [0.2, 0.25) is 0 Å². The molecule has 0 heterocycles. The maximum Gasteiger partial charge on any atom is 0.0438 e. The maximum atomic E-state index is 8.52. The van der Waals surface area contributed by atoms with Gasteiger partial charge < -0.3 is 10.4 Å². The summed E-state index contributed by atoms with van der Waals surface area (Å²) in [6.07, 6.45) is 1.85. The fourth-order valence-corrected chi connectivity index (χ4v) is 1.64. The molecule has 3 heteroatoms. The van der Waals surface area contributed by atoms with Gasteiger partial charge in [0.25, 0.3) is 0 Å². The number of aliphatic hydroxyl groups is 1. The molecule has 0 rings (SSSR count). The van der Waals surface area contributed by atoms with Crippen molar-refractivity contribution in [3.63, 3.8) is 0 Å². The van der Waals surface area contributed by atoms with Crippen LogP contribution in [0.2, 0.25) is 0 Å². The van der Waals surface area contributed by atoms with Gasteiger partial charge in [0.1, 0.15) is 0 Å². The molecule has 0 amide bonds. The Bertz CT molecular complexity index is 151. The average molecular weight is 201 g/mol. The Kier molecular flexibility index (Phi) is 11.7. The molecule has 0 radical (unpaired) electrons. The van der Waals surface area contributed by atoms with Crippen molar-refractivity contribution in [1.82, 2.24) is 5.32 Å². The van der Waals surface area contributed by atoms with Gasteiger partial charge in [0, 0.05) is 31.9 Å². The predicted octanol–water partition coefficient (Wildman–Crippen LogP) is 1.10. The summed E-state index contributed by atoms with van der Waals surface area (Å²) in [6.45, 7) is 4.21. The van der Waals surface area contributed by atoms with Gasteiger partial charge >= 0.3 is 0 Å². The van der Waals surface area contributed by atoms with Crippen LogP contribution in [0.5, 0.6) is 0 Å². The molecule has 0 aromatic rings. The van der Waals surface area contributed by atoms with Crippen LogP contribution in [0.3, 0.4) is 0 Å². The van der Waals surface area contributed by atoms with Gasteiger partial charge in [-0.3, -0.25) is 0 Å². The first-order valence-electron chi connectivity index (χ1n) is 4.70. The van der Waals surface area contributed by atoms with Crippen molar-refractivity contribution in [3.8, 4) is 11.8 Å². The van der Waals surface area contributed by atoms with Crippen molar-refractivity contribution in [1.29, 1.82) is 0 Å². The standard InChI is InChI=1S/C10H19NOS/c1-2-3-4-6-11-7-10-13-9-5-8-12/h11-12H,4-10H2,1H3. The molecule has 76 valence electrons. The lowest BCUT2D eigenvalue weighted by atomic mass is 10.4. The van der Waals surface area contributed by atoms with Gasteiger partial charge in [-0.2, -0.15) is 11.8 Å². The van der Waals surface area contributed by atoms with E-state index in [1.807, 2.05) is 18.7 Å². The predicted molar refractivity (Wildman–Crippen MR) is 60.0 cm³/mol. The van der Waals surface area contributed by atoms with E-state index in [2.05, 4.69) is 17.2 Å². The minimum atomic E-state index is 0.312. The minimum Gasteiger partial charge on any atom is -0.396 e. The summed E-state index contributed by atoms with van der Waals surface area (Å²) < 4.78 is 0. The lowest BCUT2D eigenvalue weighted by Gasteiger charge is -2.01. The molecular formula is C10H19NOS. The molecule has 0 aromatic carbocycles. The third kappa shape index (κ3) is 11.8. The quantitative estimate of drug-likeness (QED) is 0.456. The third-order valence-corrected chi connectivity index (χ3v) is 2.54. The Hall–Kier alpha value is -0.170. The molecule has 0 aliphatic heterocycles. The smallest absolute Gasteiger partial charge is 0.0438 e. The van der Waals surface area contributed by atoms with E-state index < -0.39 is 0 Å². The highest BCUT2D eigenvalue weighted by molar-refractivity contribution is 7.99. The highest BCUT2D eigenvalue weighted by Crippen LogP contribution is 1.99. The van der Waals surface area contributed by atoms with E-state index in [-0.39, 0.29) is 0 Å². The van der Waals surface area contributed by atoms with Gasteiger partial charge in [-0.15, -0.1) is 11.8 Å². The van der Waals surface area contributed by atoms with E-state index in [0.29, 0.717) is 6.61 Å². The van der Waals surface area contributed by atoms with E-state index in [1.165, 1.54) is 0 Å². The number of hydrogen-bond donors (Lipinski definition) is 2. The summed E-state index contributed by atoms with van der Waals surface area (Å²) >= 11 is 1.88. The summed E-state index contributed by atoms with van der Waals surface area (Å²) in [5.41, 5.74) is 0. The molecule has 0 saturated carbocycles. The van der Waals surface area contributed by atoms with Crippen LogP contribution in [-0.4, -0.2) is 36.3 Å². The molecule has 0 unspecified atom stereocenters. The summed E-state index contributed by atoms with van der Waals surface area (Å²) in [5.74, 6) is 8.06. The molecule has 0 atom stereocenters. The first-order chi connectivity index (χ1) is 6.41. The topological polar surface area (TPSA) is 32.3 Å². The third-order valence-electron chi connectivity index (χ3n) is 1.47. The number of aliphatic hydroxyl groups excluding tert-OH is 1. The van der Waals surface area contributed by atoms with Crippen molar-refractivity contribution in [2.75, 3.05) is 31.2 Å². The summed E-state index contributed by atoms with van der Waals surface area (Å²) in [7, 11) is 0. The van der Waals surface area contributed by atoms with Crippen LogP contribution in [0.25, 0.3) is 0 Å². The first kappa shape index (κ1) is 12.8. The van der Waals surface area contributed by atoms with Gasteiger partial charge in [-0.25, -0.2) is 0 Å². The van der Waals surface area contributed by atoms with Crippen molar-refractivity contribution in [2.24, 2.45) is 0 Å². The van der Waals surface area contributed by atoms with Gasteiger partial charge in [-0.1, -0.05) is 0 Å². The largest absolute Gasteiger partial charge is 0.396 e. The van der Waals surface area contributed by atoms with Crippen molar-refractivity contribution in [2.45, 2.75) is 19.8 Å². The van der Waals surface area contributed by atoms with Gasteiger partial charge in [0.05, 0.1) is 0 Å². The van der Waals surface area contributed by atoms with E-state index in [9.17, 15) is 0 Å². The number of rotatable bonds is 8. The highest BCUT2D eigenvalue weighted by Gasteiger charge is 1.88. The van der Waals surface area contributed by atoms with Crippen LogP contribution in [0.1, 0.15) is 19.8 Å². The van der Waals surface area contributed by atoms with Gasteiger partial charge in [-0.05, 0) is 19.1 Å². The first-order valence-corrected chi connectivity index (χ1v) is 5.86. The van der Waals surface area contributed by atoms with E-state index in [4.69, 9.17) is 5.11 Å². The molecule has 0 aromatic heterocycles. The molecule has 0 fully saturated rings. The van der Waals surface area contributed by atoms with E-state index in [1.54, 1.807) is 0 Å². The zero-order chi connectivity index (χ0) is 9.78. The van der Waals surface area contributed by atoms with Crippen LogP contribution in [-0.2, 0) is 0 Å². The molecule has 0 spiro atoms. The number of thioether (sulfide) groups is 1. The average Bonchev–Trinajstić information content (AvgIpc) is 2.16. The SMILES string of the molecule is CC#CCCNCCSCCCO. The molecule has 0 aliphatic rings. The lowest BCUT2D eigenvalue weighted by Crippen LogP contribution is -2.18. The zero-order valence-electron chi connectivity index (χ0n) is 8.31. The Labute approximate surface area is 85.5 Å². The fourth-order valence-electron chi connectivity index (χ4n) is 0.814. The molecule has 13 heavy (non-hydrogen) atoms. The van der Waals surface area contributed by atoms with Crippen molar-refractivity contribution in [3.05, 3.63) is 0 Å². The van der Waals surface area contributed by atoms with Crippen LogP contribution in [0, 0.1) is 11.8 Å². The summed E-state index contributed by atoms with van der Waals surface area (Å²) in [4.78, 5) is 0. The Balaban J connectivity index is 2.86. The summed E-state index contributed by atoms with van der Waals surface area (Å²) in [5, 5.41) is 11.8. The molecule has 2 nitrogen and oxygen atoms in total. The van der Waals surface area contributed by atoms with Crippen LogP contribution >= 0.6 is 11.8 Å². The van der Waals surface area contributed by atoms with Gasteiger partial charge in [0.15, 0.2) is 0 Å². The van der Waals surface area contributed by atoms with Crippen LogP contribution in [0.4, 0.5) is 0 Å².